The molecule has 14 rings (SSSR count). The molecule has 0 aromatic heterocycles. The van der Waals surface area contributed by atoms with Crippen molar-refractivity contribution in [3.05, 3.63) is 0 Å². The van der Waals surface area contributed by atoms with E-state index in [1.165, 1.54) is 38.5 Å². The highest BCUT2D eigenvalue weighted by Gasteiger charge is 2.62. The van der Waals surface area contributed by atoms with E-state index in [1.54, 1.807) is 244 Å². The summed E-state index contributed by atoms with van der Waals surface area (Å²) in [6, 6.07) is 5.63. The lowest BCUT2D eigenvalue weighted by Gasteiger charge is -2.66. The second-order valence-corrected chi connectivity index (χ2v) is 30.5. The summed E-state index contributed by atoms with van der Waals surface area (Å²) in [5, 5.41) is 0. The Morgan fingerprint density at radius 2 is 0.414 bits per heavy atom. The second kappa shape index (κ2) is 21.4. The molecule has 0 saturated heterocycles. The number of hydrogen-bond donors (Lipinski definition) is 0. The molecule has 0 aromatic carbocycles. The largest absolute Gasteiger partial charge is 0.294 e. The standard InChI is InChI=1S/C68H112N2/c1-5-21-45(22-6-1)65-55-29-13-17-33-59(55)67(60-34-18-14-30-56(60)65)69(51-25-9-3-10-26-51)53-41-47-37-39-49-43-54(44-50-40-38-48(42-53)63(47)64(49)50)70(52-27-11-4-12-28-52)68-61-35-19-15-31-57(61)66(46-23-7-2-8-24-46)58-32-16-20-36-62(58)68/h45-68H,1-44H2. The molecule has 0 aliphatic heterocycles. The number of rotatable bonds is 8. The molecule has 0 heterocycles. The molecule has 12 unspecified atom stereocenters. The van der Waals surface area contributed by atoms with Crippen LogP contribution in [-0.2, 0) is 0 Å². The highest BCUT2D eigenvalue weighted by molar-refractivity contribution is 5.13. The van der Waals surface area contributed by atoms with Gasteiger partial charge in [-0.15, -0.1) is 0 Å². The first-order chi connectivity index (χ1) is 34.8. The molecule has 12 atom stereocenters. The third kappa shape index (κ3) is 8.80. The van der Waals surface area contributed by atoms with Crippen molar-refractivity contribution in [2.45, 2.75) is 319 Å². The predicted octanol–water partition coefficient (Wildman–Crippen LogP) is 18.2. The van der Waals surface area contributed by atoms with Crippen LogP contribution in [0, 0.1) is 107 Å². The van der Waals surface area contributed by atoms with Gasteiger partial charge in [-0.05, 0) is 235 Å². The normalized spacial score (nSPS) is 49.8. The van der Waals surface area contributed by atoms with Gasteiger partial charge < -0.3 is 0 Å². The maximum absolute atomic E-state index is 3.62. The summed E-state index contributed by atoms with van der Waals surface area (Å²) in [5.41, 5.74) is 0. The summed E-state index contributed by atoms with van der Waals surface area (Å²) in [5.74, 6) is 19.4. The van der Waals surface area contributed by atoms with Gasteiger partial charge in [-0.1, -0.05) is 154 Å². The van der Waals surface area contributed by atoms with Crippen LogP contribution >= 0.6 is 0 Å². The van der Waals surface area contributed by atoms with Crippen LogP contribution in [-0.4, -0.2) is 46.1 Å². The van der Waals surface area contributed by atoms with Crippen LogP contribution in [0.5, 0.6) is 0 Å². The van der Waals surface area contributed by atoms with Gasteiger partial charge >= 0.3 is 0 Å². The quantitative estimate of drug-likeness (QED) is 0.239. The minimum atomic E-state index is 0.927. The summed E-state index contributed by atoms with van der Waals surface area (Å²) in [7, 11) is 0. The Morgan fingerprint density at radius 1 is 0.171 bits per heavy atom. The number of fused-ring (bicyclic) bond motifs is 4. The van der Waals surface area contributed by atoms with E-state index in [0.717, 1.165) is 143 Å². The van der Waals surface area contributed by atoms with E-state index in [2.05, 4.69) is 9.80 Å². The molecule has 394 valence electrons. The van der Waals surface area contributed by atoms with E-state index >= 15 is 0 Å². The monoisotopic (exact) mass is 957 g/mol. The molecule has 14 saturated carbocycles. The molecule has 0 aromatic rings. The van der Waals surface area contributed by atoms with Crippen molar-refractivity contribution in [2.24, 2.45) is 107 Å². The smallest absolute Gasteiger partial charge is 0.0163 e. The molecule has 0 spiro atoms. The molecule has 0 radical (unpaired) electrons. The van der Waals surface area contributed by atoms with Crippen LogP contribution in [0.3, 0.4) is 0 Å². The fraction of sp³-hybridized carbons (Fsp3) is 1.00. The van der Waals surface area contributed by atoms with E-state index in [1.807, 2.05) is 0 Å². The molecule has 2 heteroatoms. The van der Waals surface area contributed by atoms with Gasteiger partial charge in [-0.3, -0.25) is 9.80 Å². The summed E-state index contributed by atoms with van der Waals surface area (Å²) in [4.78, 5) is 7.24. The van der Waals surface area contributed by atoms with Gasteiger partial charge in [-0.25, -0.2) is 0 Å². The topological polar surface area (TPSA) is 6.48 Å². The van der Waals surface area contributed by atoms with Crippen molar-refractivity contribution >= 4 is 0 Å². The van der Waals surface area contributed by atoms with Crippen LogP contribution < -0.4 is 0 Å². The molecule has 14 aliphatic carbocycles. The molecule has 14 aliphatic rings. The molecule has 14 fully saturated rings. The van der Waals surface area contributed by atoms with Gasteiger partial charge in [0.2, 0.25) is 0 Å². The zero-order chi connectivity index (χ0) is 46.1. The first-order valence-electron chi connectivity index (χ1n) is 34.3. The fourth-order valence-corrected chi connectivity index (χ4v) is 26.1. The number of nitrogens with zero attached hydrogens (tertiary/aromatic N) is 2. The summed E-state index contributed by atoms with van der Waals surface area (Å²) in [6.45, 7) is 0. The van der Waals surface area contributed by atoms with Gasteiger partial charge in [0.05, 0.1) is 0 Å². The van der Waals surface area contributed by atoms with Crippen LogP contribution in [0.15, 0.2) is 0 Å². The second-order valence-electron chi connectivity index (χ2n) is 30.5. The molecule has 0 N–H and O–H groups in total. The Balaban J connectivity index is 0.743. The minimum Gasteiger partial charge on any atom is -0.294 e. The van der Waals surface area contributed by atoms with E-state index in [-0.39, 0.29) is 0 Å². The fourth-order valence-electron chi connectivity index (χ4n) is 26.1. The first kappa shape index (κ1) is 48.3. The Labute approximate surface area is 433 Å². The van der Waals surface area contributed by atoms with Crippen molar-refractivity contribution in [3.8, 4) is 0 Å². The van der Waals surface area contributed by atoms with E-state index in [0.29, 0.717) is 0 Å². The predicted molar refractivity (Wildman–Crippen MR) is 292 cm³/mol. The third-order valence-corrected chi connectivity index (χ3v) is 27.9. The van der Waals surface area contributed by atoms with E-state index < -0.39 is 0 Å². The highest BCUT2D eigenvalue weighted by Crippen LogP contribution is 2.65. The molecular weight excluding hydrogens is 845 g/mol. The maximum Gasteiger partial charge on any atom is 0.0163 e. The lowest BCUT2D eigenvalue weighted by Crippen LogP contribution is -2.66. The lowest BCUT2D eigenvalue weighted by molar-refractivity contribution is -0.166. The highest BCUT2D eigenvalue weighted by atomic mass is 15.2. The van der Waals surface area contributed by atoms with Crippen molar-refractivity contribution < 1.29 is 0 Å². The Morgan fingerprint density at radius 3 is 0.700 bits per heavy atom. The van der Waals surface area contributed by atoms with Gasteiger partial charge in [0, 0.05) is 36.3 Å². The third-order valence-electron chi connectivity index (χ3n) is 27.9. The molecule has 70 heavy (non-hydrogen) atoms. The summed E-state index contributed by atoms with van der Waals surface area (Å²) in [6.07, 6.45) is 69.8. The van der Waals surface area contributed by atoms with Crippen molar-refractivity contribution in [2.75, 3.05) is 0 Å². The Kier molecular flexibility index (Phi) is 14.8. The van der Waals surface area contributed by atoms with Crippen molar-refractivity contribution in [3.63, 3.8) is 0 Å². The molecule has 0 amide bonds. The van der Waals surface area contributed by atoms with Crippen LogP contribution in [0.4, 0.5) is 0 Å². The molecule has 0 bridgehead atoms. The zero-order valence-electron chi connectivity index (χ0n) is 45.9. The van der Waals surface area contributed by atoms with Crippen LogP contribution in [0.2, 0.25) is 0 Å². The van der Waals surface area contributed by atoms with Crippen molar-refractivity contribution in [1.82, 2.24) is 9.80 Å². The van der Waals surface area contributed by atoms with Gasteiger partial charge in [-0.2, -0.15) is 0 Å². The van der Waals surface area contributed by atoms with E-state index in [9.17, 15) is 0 Å². The van der Waals surface area contributed by atoms with Crippen molar-refractivity contribution in [1.29, 1.82) is 0 Å². The van der Waals surface area contributed by atoms with Gasteiger partial charge in [0.1, 0.15) is 0 Å². The first-order valence-corrected chi connectivity index (χ1v) is 34.3. The van der Waals surface area contributed by atoms with Gasteiger partial charge in [0.25, 0.3) is 0 Å². The van der Waals surface area contributed by atoms with Crippen LogP contribution in [0.1, 0.15) is 283 Å². The molecular formula is C68H112N2. The Bertz CT molecular complexity index is 1480. The van der Waals surface area contributed by atoms with Crippen LogP contribution in [0.25, 0.3) is 0 Å². The van der Waals surface area contributed by atoms with E-state index in [4.69, 9.17) is 0 Å². The van der Waals surface area contributed by atoms with Gasteiger partial charge in [0.15, 0.2) is 0 Å². The summed E-state index contributed by atoms with van der Waals surface area (Å²) >= 11 is 0. The Hall–Kier alpha value is -0.0800. The molecule has 2 nitrogen and oxygen atoms in total. The lowest BCUT2D eigenvalue weighted by atomic mass is 9.46. The average molecular weight is 958 g/mol. The zero-order valence-corrected chi connectivity index (χ0v) is 45.9. The maximum atomic E-state index is 3.62. The minimum absolute atomic E-state index is 0.927. The number of hydrogen-bond acceptors (Lipinski definition) is 2. The SMILES string of the molecule is C1CCC(C2C3CCCCC3C(N(C3CCCCC3)C3CC4CCC5CC(N(C6CCCCC6)C6C7CCCCC7C(C7CCCCC7)C7CCCCC76)CC6CCC(C3)C4C56)C3CCCCC32)CC1. The average Bonchev–Trinajstić information content (AvgIpc) is 3.43. The summed E-state index contributed by atoms with van der Waals surface area (Å²) < 4.78 is 0.